The van der Waals surface area contributed by atoms with Crippen LogP contribution in [0.4, 0.5) is 5.69 Å². The number of carbonyl (C=O) groups excluding carboxylic acids is 1. The lowest BCUT2D eigenvalue weighted by Crippen LogP contribution is -2.32. The van der Waals surface area contributed by atoms with E-state index in [1.54, 1.807) is 11.0 Å². The molecule has 0 aromatic heterocycles. The highest BCUT2D eigenvalue weighted by atomic mass is 79.9. The van der Waals surface area contributed by atoms with Gasteiger partial charge in [0, 0.05) is 10.0 Å². The molecule has 2 aliphatic heterocycles. The largest absolute Gasteiger partial charge is 0.454 e. The maximum absolute atomic E-state index is 13.3. The van der Waals surface area contributed by atoms with E-state index < -0.39 is 0 Å². The maximum atomic E-state index is 13.3. The Labute approximate surface area is 176 Å². The highest BCUT2D eigenvalue weighted by Crippen LogP contribution is 2.34. The Balaban J connectivity index is 1.59. The number of fused-ring (bicyclic) bond motifs is 1. The SMILES string of the molecule is O=C1/C(=C\c2ccc3c(c2)OCO3)N=C(c2ccc(Br)cc2)N1c1ccccc1. The van der Waals surface area contributed by atoms with Crippen molar-refractivity contribution in [3.63, 3.8) is 0 Å². The molecule has 0 aliphatic carbocycles. The van der Waals surface area contributed by atoms with E-state index in [4.69, 9.17) is 9.47 Å². The molecule has 0 unspecified atom stereocenters. The number of hydrogen-bond acceptors (Lipinski definition) is 4. The molecule has 0 saturated heterocycles. The molecule has 0 saturated carbocycles. The van der Waals surface area contributed by atoms with Crippen molar-refractivity contribution in [1.29, 1.82) is 0 Å². The molecule has 5 rings (SSSR count). The van der Waals surface area contributed by atoms with E-state index in [0.29, 0.717) is 23.0 Å². The smallest absolute Gasteiger partial charge is 0.282 e. The fourth-order valence-electron chi connectivity index (χ4n) is 3.29. The summed E-state index contributed by atoms with van der Waals surface area (Å²) in [5.74, 6) is 1.80. The van der Waals surface area contributed by atoms with Crippen LogP contribution in [-0.4, -0.2) is 18.5 Å². The molecule has 2 aliphatic rings. The van der Waals surface area contributed by atoms with Crippen LogP contribution in [0.2, 0.25) is 0 Å². The summed E-state index contributed by atoms with van der Waals surface area (Å²) in [5.41, 5.74) is 2.82. The molecule has 0 radical (unpaired) electrons. The minimum atomic E-state index is -0.174. The van der Waals surface area contributed by atoms with Crippen LogP contribution in [0.5, 0.6) is 11.5 Å². The highest BCUT2D eigenvalue weighted by molar-refractivity contribution is 9.10. The van der Waals surface area contributed by atoms with Gasteiger partial charge in [-0.1, -0.05) is 52.3 Å². The third kappa shape index (κ3) is 3.32. The average Bonchev–Trinajstić information content (AvgIpc) is 3.34. The zero-order chi connectivity index (χ0) is 19.8. The topological polar surface area (TPSA) is 51.1 Å². The van der Waals surface area contributed by atoms with Gasteiger partial charge in [0.2, 0.25) is 6.79 Å². The van der Waals surface area contributed by atoms with Gasteiger partial charge in [-0.05, 0) is 48.0 Å². The molecule has 1 amide bonds. The molecule has 3 aromatic carbocycles. The third-order valence-electron chi connectivity index (χ3n) is 4.68. The Morgan fingerprint density at radius 3 is 2.48 bits per heavy atom. The number of halogens is 1. The predicted octanol–water partition coefficient (Wildman–Crippen LogP) is 5.01. The van der Waals surface area contributed by atoms with E-state index in [9.17, 15) is 4.79 Å². The number of ether oxygens (including phenoxy) is 2. The lowest BCUT2D eigenvalue weighted by Gasteiger charge is -2.18. The zero-order valence-corrected chi connectivity index (χ0v) is 16.8. The first-order chi connectivity index (χ1) is 14.2. The van der Waals surface area contributed by atoms with Gasteiger partial charge in [-0.25, -0.2) is 4.99 Å². The van der Waals surface area contributed by atoms with Gasteiger partial charge in [0.1, 0.15) is 11.5 Å². The first-order valence-electron chi connectivity index (χ1n) is 9.04. The van der Waals surface area contributed by atoms with Crippen molar-refractivity contribution >= 4 is 39.4 Å². The minimum Gasteiger partial charge on any atom is -0.454 e. The Kier molecular flexibility index (Phi) is 4.41. The van der Waals surface area contributed by atoms with Crippen LogP contribution in [-0.2, 0) is 4.79 Å². The van der Waals surface area contributed by atoms with Gasteiger partial charge in [0.15, 0.2) is 11.5 Å². The molecule has 0 N–H and O–H groups in total. The summed E-state index contributed by atoms with van der Waals surface area (Å²) in [5, 5.41) is 0. The molecule has 5 nitrogen and oxygen atoms in total. The molecule has 142 valence electrons. The number of rotatable bonds is 3. The summed E-state index contributed by atoms with van der Waals surface area (Å²) < 4.78 is 11.8. The first-order valence-corrected chi connectivity index (χ1v) is 9.84. The Bertz CT molecular complexity index is 1150. The number of aliphatic imine (C=N–C) groups is 1. The molecule has 0 fully saturated rings. The second-order valence-electron chi connectivity index (χ2n) is 6.56. The molecular formula is C23H15BrN2O3. The summed E-state index contributed by atoms with van der Waals surface area (Å²) in [6.45, 7) is 0.210. The van der Waals surface area contributed by atoms with Crippen molar-refractivity contribution in [3.8, 4) is 11.5 Å². The Hall–Kier alpha value is -3.38. The number of anilines is 1. The predicted molar refractivity (Wildman–Crippen MR) is 115 cm³/mol. The van der Waals surface area contributed by atoms with Gasteiger partial charge in [0.25, 0.3) is 5.91 Å². The molecule has 0 spiro atoms. The third-order valence-corrected chi connectivity index (χ3v) is 5.21. The number of hydrogen-bond donors (Lipinski definition) is 0. The van der Waals surface area contributed by atoms with E-state index in [1.165, 1.54) is 0 Å². The average molecular weight is 447 g/mol. The van der Waals surface area contributed by atoms with E-state index in [0.717, 1.165) is 21.3 Å². The van der Waals surface area contributed by atoms with Crippen LogP contribution < -0.4 is 14.4 Å². The summed E-state index contributed by atoms with van der Waals surface area (Å²) in [4.78, 5) is 19.6. The van der Waals surface area contributed by atoms with Gasteiger partial charge in [0.05, 0.1) is 5.69 Å². The normalized spacial score (nSPS) is 16.4. The van der Waals surface area contributed by atoms with E-state index >= 15 is 0 Å². The monoisotopic (exact) mass is 446 g/mol. The number of amides is 1. The quantitative estimate of drug-likeness (QED) is 0.531. The van der Waals surface area contributed by atoms with Crippen LogP contribution in [0.15, 0.2) is 88.0 Å². The highest BCUT2D eigenvalue weighted by Gasteiger charge is 2.32. The Morgan fingerprint density at radius 1 is 0.931 bits per heavy atom. The van der Waals surface area contributed by atoms with E-state index in [2.05, 4.69) is 20.9 Å². The van der Waals surface area contributed by atoms with Gasteiger partial charge in [-0.2, -0.15) is 0 Å². The zero-order valence-electron chi connectivity index (χ0n) is 15.2. The summed E-state index contributed by atoms with van der Waals surface area (Å²) in [6.07, 6.45) is 1.77. The van der Waals surface area contributed by atoms with Crippen LogP contribution in [0.25, 0.3) is 6.08 Å². The molecule has 0 bridgehead atoms. The molecule has 6 heteroatoms. The second kappa shape index (κ2) is 7.22. The van der Waals surface area contributed by atoms with Crippen molar-refractivity contribution in [2.24, 2.45) is 4.99 Å². The van der Waals surface area contributed by atoms with Crippen LogP contribution in [0, 0.1) is 0 Å². The second-order valence-corrected chi connectivity index (χ2v) is 7.48. The Morgan fingerprint density at radius 2 is 1.69 bits per heavy atom. The van der Waals surface area contributed by atoms with Gasteiger partial charge in [-0.15, -0.1) is 0 Å². The summed E-state index contributed by atoms with van der Waals surface area (Å²) in [7, 11) is 0. The van der Waals surface area contributed by atoms with E-state index in [1.807, 2.05) is 72.8 Å². The molecular weight excluding hydrogens is 432 g/mol. The summed E-state index contributed by atoms with van der Waals surface area (Å²) >= 11 is 3.45. The van der Waals surface area contributed by atoms with Gasteiger partial charge in [-0.3, -0.25) is 9.69 Å². The van der Waals surface area contributed by atoms with Crippen molar-refractivity contribution < 1.29 is 14.3 Å². The van der Waals surface area contributed by atoms with Gasteiger partial charge < -0.3 is 9.47 Å². The van der Waals surface area contributed by atoms with Crippen LogP contribution in [0.1, 0.15) is 11.1 Å². The number of amidine groups is 1. The van der Waals surface area contributed by atoms with E-state index in [-0.39, 0.29) is 12.7 Å². The van der Waals surface area contributed by atoms with Crippen molar-refractivity contribution in [2.75, 3.05) is 11.7 Å². The lowest BCUT2D eigenvalue weighted by molar-refractivity contribution is -0.113. The van der Waals surface area contributed by atoms with Crippen LogP contribution in [0.3, 0.4) is 0 Å². The number of para-hydroxylation sites is 1. The summed E-state index contributed by atoms with van der Waals surface area (Å²) in [6, 6.07) is 22.8. The lowest BCUT2D eigenvalue weighted by atomic mass is 10.1. The molecule has 2 heterocycles. The molecule has 3 aromatic rings. The fourth-order valence-corrected chi connectivity index (χ4v) is 3.55. The first kappa shape index (κ1) is 17.7. The number of nitrogens with zero attached hydrogens (tertiary/aromatic N) is 2. The van der Waals surface area contributed by atoms with Gasteiger partial charge >= 0.3 is 0 Å². The molecule has 0 atom stereocenters. The van der Waals surface area contributed by atoms with Crippen LogP contribution >= 0.6 is 15.9 Å². The standard InChI is InChI=1S/C23H15BrN2O3/c24-17-9-7-16(8-10-17)22-25-19(23(27)26(22)18-4-2-1-3-5-18)12-15-6-11-20-21(13-15)29-14-28-20/h1-13H,14H2/b19-12+. The molecule has 29 heavy (non-hydrogen) atoms. The maximum Gasteiger partial charge on any atom is 0.282 e. The number of carbonyl (C=O) groups is 1. The fraction of sp³-hybridized carbons (Fsp3) is 0.0435. The number of benzene rings is 3. The van der Waals surface area contributed by atoms with Crippen molar-refractivity contribution in [3.05, 3.63) is 94.1 Å². The minimum absolute atomic E-state index is 0.174. The van der Waals surface area contributed by atoms with Crippen molar-refractivity contribution in [2.45, 2.75) is 0 Å². The van der Waals surface area contributed by atoms with Crippen molar-refractivity contribution in [1.82, 2.24) is 0 Å².